The first-order valence-corrected chi connectivity index (χ1v) is 9.23. The van der Waals surface area contributed by atoms with Gasteiger partial charge in [-0.25, -0.2) is 9.67 Å². The van der Waals surface area contributed by atoms with E-state index >= 15 is 0 Å². The quantitative estimate of drug-likeness (QED) is 0.546. The number of benzene rings is 2. The van der Waals surface area contributed by atoms with Crippen molar-refractivity contribution in [2.24, 2.45) is 0 Å². The summed E-state index contributed by atoms with van der Waals surface area (Å²) in [6.45, 7) is 0.423. The minimum Gasteiger partial charge on any atom is -0.346 e. The van der Waals surface area contributed by atoms with Gasteiger partial charge >= 0.3 is 0 Å². The van der Waals surface area contributed by atoms with Crippen LogP contribution in [0.4, 0.5) is 0 Å². The van der Waals surface area contributed by atoms with Gasteiger partial charge in [0.25, 0.3) is 5.91 Å². The first kappa shape index (κ1) is 16.0. The summed E-state index contributed by atoms with van der Waals surface area (Å²) in [5.74, 6) is -0.118. The smallest absolute Gasteiger partial charge is 0.251 e. The Hall–Kier alpha value is -2.51. The molecule has 0 fully saturated rings. The first-order chi connectivity index (χ1) is 12.2. The van der Waals surface area contributed by atoms with E-state index in [1.165, 1.54) is 0 Å². The monoisotopic (exact) mass is 412 g/mol. The van der Waals surface area contributed by atoms with Crippen molar-refractivity contribution in [3.63, 3.8) is 0 Å². The van der Waals surface area contributed by atoms with E-state index in [1.807, 2.05) is 42.6 Å². The lowest BCUT2D eigenvalue weighted by Crippen LogP contribution is -2.22. The molecule has 124 valence electrons. The number of thiazole rings is 1. The van der Waals surface area contributed by atoms with Crippen molar-refractivity contribution in [2.45, 2.75) is 6.54 Å². The van der Waals surface area contributed by atoms with Gasteiger partial charge < -0.3 is 5.32 Å². The number of carbonyl (C=O) groups is 1. The molecule has 0 unspecified atom stereocenters. The molecule has 0 aliphatic carbocycles. The van der Waals surface area contributed by atoms with Crippen molar-refractivity contribution < 1.29 is 4.79 Å². The summed E-state index contributed by atoms with van der Waals surface area (Å²) >= 11 is 4.96. The topological polar surface area (TPSA) is 59.8 Å². The van der Waals surface area contributed by atoms with E-state index in [2.05, 4.69) is 31.3 Å². The molecule has 1 amide bonds. The van der Waals surface area contributed by atoms with Gasteiger partial charge in [-0.1, -0.05) is 12.1 Å². The normalized spacial score (nSPS) is 10.9. The van der Waals surface area contributed by atoms with Gasteiger partial charge in [0.05, 0.1) is 33.1 Å². The molecule has 25 heavy (non-hydrogen) atoms. The number of halogens is 1. The molecule has 2 heterocycles. The minimum absolute atomic E-state index is 0.118. The SMILES string of the molecule is O=C(NCc1nc2ccccc2s1)c1ccc(-n2cc(Br)cn2)cc1. The molecule has 4 rings (SSSR count). The summed E-state index contributed by atoms with van der Waals surface area (Å²) in [7, 11) is 0. The minimum atomic E-state index is -0.118. The molecule has 0 spiro atoms. The van der Waals surface area contributed by atoms with Gasteiger partial charge in [-0.15, -0.1) is 11.3 Å². The first-order valence-electron chi connectivity index (χ1n) is 7.62. The van der Waals surface area contributed by atoms with Crippen molar-refractivity contribution in [2.75, 3.05) is 0 Å². The van der Waals surface area contributed by atoms with Crippen molar-refractivity contribution in [3.8, 4) is 5.69 Å². The van der Waals surface area contributed by atoms with Crippen LogP contribution in [-0.4, -0.2) is 20.7 Å². The number of para-hydroxylation sites is 1. The van der Waals surface area contributed by atoms with E-state index in [0.717, 1.165) is 25.4 Å². The van der Waals surface area contributed by atoms with Crippen molar-refractivity contribution in [1.29, 1.82) is 0 Å². The number of rotatable bonds is 4. The molecule has 0 saturated carbocycles. The highest BCUT2D eigenvalue weighted by molar-refractivity contribution is 9.10. The van der Waals surface area contributed by atoms with E-state index < -0.39 is 0 Å². The van der Waals surface area contributed by atoms with Crippen molar-refractivity contribution in [3.05, 3.63) is 76.0 Å². The standard InChI is InChI=1S/C18H13BrN4OS/c19-13-9-21-23(11-13)14-7-5-12(6-8-14)18(24)20-10-17-22-15-3-1-2-4-16(15)25-17/h1-9,11H,10H2,(H,20,24). The maximum atomic E-state index is 12.3. The second-order valence-corrected chi connectivity index (χ2v) is 7.44. The summed E-state index contributed by atoms with van der Waals surface area (Å²) in [5, 5.41) is 8.03. The third-order valence-corrected chi connectivity index (χ3v) is 5.13. The Morgan fingerprint density at radius 1 is 1.16 bits per heavy atom. The molecule has 0 atom stereocenters. The second kappa shape index (κ2) is 6.78. The Morgan fingerprint density at radius 3 is 2.68 bits per heavy atom. The summed E-state index contributed by atoms with van der Waals surface area (Å²) in [4.78, 5) is 16.8. The molecular formula is C18H13BrN4OS. The predicted molar refractivity (Wildman–Crippen MR) is 102 cm³/mol. The molecule has 0 saturated heterocycles. The molecule has 1 N–H and O–H groups in total. The molecule has 7 heteroatoms. The zero-order valence-corrected chi connectivity index (χ0v) is 15.4. The van der Waals surface area contributed by atoms with Gasteiger partial charge in [-0.05, 0) is 52.3 Å². The molecular weight excluding hydrogens is 400 g/mol. The van der Waals surface area contributed by atoms with Crippen LogP contribution < -0.4 is 5.32 Å². The fraction of sp³-hybridized carbons (Fsp3) is 0.0556. The van der Waals surface area contributed by atoms with Crippen LogP contribution >= 0.6 is 27.3 Å². The van der Waals surface area contributed by atoms with Crippen LogP contribution in [0.2, 0.25) is 0 Å². The number of hydrogen-bond acceptors (Lipinski definition) is 4. The third-order valence-electron chi connectivity index (χ3n) is 3.68. The second-order valence-electron chi connectivity index (χ2n) is 5.41. The molecule has 2 aromatic carbocycles. The number of amides is 1. The fourth-order valence-electron chi connectivity index (χ4n) is 2.46. The lowest BCUT2D eigenvalue weighted by molar-refractivity contribution is 0.0951. The van der Waals surface area contributed by atoms with Gasteiger partial charge in [0.1, 0.15) is 5.01 Å². The number of hydrogen-bond donors (Lipinski definition) is 1. The Bertz CT molecular complexity index is 1010. The molecule has 4 aromatic rings. The van der Waals surface area contributed by atoms with Crippen LogP contribution in [0.25, 0.3) is 15.9 Å². The van der Waals surface area contributed by atoms with Gasteiger partial charge in [-0.2, -0.15) is 5.10 Å². The number of nitrogens with zero attached hydrogens (tertiary/aromatic N) is 3. The molecule has 0 radical (unpaired) electrons. The van der Waals surface area contributed by atoms with Crippen molar-refractivity contribution in [1.82, 2.24) is 20.1 Å². The van der Waals surface area contributed by atoms with E-state index in [0.29, 0.717) is 12.1 Å². The largest absolute Gasteiger partial charge is 0.346 e. The average molecular weight is 413 g/mol. The van der Waals surface area contributed by atoms with Gasteiger partial charge in [0.2, 0.25) is 0 Å². The van der Waals surface area contributed by atoms with Crippen LogP contribution in [0.3, 0.4) is 0 Å². The molecule has 0 aliphatic heterocycles. The number of nitrogens with one attached hydrogen (secondary N) is 1. The van der Waals surface area contributed by atoms with Crippen LogP contribution in [0.15, 0.2) is 65.4 Å². The van der Waals surface area contributed by atoms with E-state index in [-0.39, 0.29) is 5.91 Å². The Balaban J connectivity index is 1.43. The molecule has 5 nitrogen and oxygen atoms in total. The van der Waals surface area contributed by atoms with Crippen LogP contribution in [0.5, 0.6) is 0 Å². The molecule has 0 aliphatic rings. The summed E-state index contributed by atoms with van der Waals surface area (Å²) in [6, 6.07) is 15.3. The zero-order chi connectivity index (χ0) is 17.2. The maximum Gasteiger partial charge on any atom is 0.251 e. The van der Waals surface area contributed by atoms with Crippen molar-refractivity contribution >= 4 is 43.4 Å². The highest BCUT2D eigenvalue weighted by atomic mass is 79.9. The Morgan fingerprint density at radius 2 is 1.96 bits per heavy atom. The van der Waals surface area contributed by atoms with E-state index in [9.17, 15) is 4.79 Å². The number of carbonyl (C=O) groups excluding carboxylic acids is 1. The number of fused-ring (bicyclic) bond motifs is 1. The van der Waals surface area contributed by atoms with Gasteiger partial charge in [0, 0.05) is 11.8 Å². The van der Waals surface area contributed by atoms with Crippen LogP contribution in [0.1, 0.15) is 15.4 Å². The Kier molecular flexibility index (Phi) is 4.33. The fourth-order valence-corrected chi connectivity index (χ4v) is 3.65. The average Bonchev–Trinajstić information content (AvgIpc) is 3.25. The maximum absolute atomic E-state index is 12.3. The van der Waals surface area contributed by atoms with Gasteiger partial charge in [-0.3, -0.25) is 4.79 Å². The molecule has 2 aromatic heterocycles. The molecule has 0 bridgehead atoms. The highest BCUT2D eigenvalue weighted by Crippen LogP contribution is 2.21. The van der Waals surface area contributed by atoms with Crippen LogP contribution in [-0.2, 0) is 6.54 Å². The zero-order valence-electron chi connectivity index (χ0n) is 13.0. The third kappa shape index (κ3) is 3.47. The summed E-state index contributed by atoms with van der Waals surface area (Å²) in [5.41, 5.74) is 2.47. The lowest BCUT2D eigenvalue weighted by atomic mass is 10.2. The predicted octanol–water partition coefficient (Wildman–Crippen LogP) is 4.17. The van der Waals surface area contributed by atoms with Gasteiger partial charge in [0.15, 0.2) is 0 Å². The van der Waals surface area contributed by atoms with E-state index in [4.69, 9.17) is 0 Å². The Labute approximate surface area is 156 Å². The summed E-state index contributed by atoms with van der Waals surface area (Å²) < 4.78 is 3.78. The highest BCUT2D eigenvalue weighted by Gasteiger charge is 2.08. The van der Waals surface area contributed by atoms with Crippen LogP contribution in [0, 0.1) is 0 Å². The van der Waals surface area contributed by atoms with E-state index in [1.54, 1.807) is 34.3 Å². The summed E-state index contributed by atoms with van der Waals surface area (Å²) in [6.07, 6.45) is 3.58. The number of aromatic nitrogens is 3. The lowest BCUT2D eigenvalue weighted by Gasteiger charge is -2.05.